The van der Waals surface area contributed by atoms with Gasteiger partial charge in [-0.1, -0.05) is 18.2 Å². The van der Waals surface area contributed by atoms with Gasteiger partial charge in [0.25, 0.3) is 5.91 Å². The van der Waals surface area contributed by atoms with Crippen LogP contribution in [0.5, 0.6) is 0 Å². The minimum Gasteiger partial charge on any atom is -0.352 e. The number of nitrogens with one attached hydrogen (secondary N) is 1. The van der Waals surface area contributed by atoms with Crippen LogP contribution in [0.3, 0.4) is 0 Å². The first-order valence-electron chi connectivity index (χ1n) is 10.2. The molecule has 1 aromatic carbocycles. The van der Waals surface area contributed by atoms with Crippen molar-refractivity contribution in [1.29, 1.82) is 0 Å². The van der Waals surface area contributed by atoms with Crippen LogP contribution in [0.1, 0.15) is 34.3 Å². The molecule has 1 N–H and O–H groups in total. The topological polar surface area (TPSA) is 80.1 Å². The number of likely N-dealkylation sites (tertiary alicyclic amines) is 1. The highest BCUT2D eigenvalue weighted by atomic mass is 16.2. The average Bonchev–Trinajstić information content (AvgIpc) is 3.31. The molecule has 0 bridgehead atoms. The van der Waals surface area contributed by atoms with E-state index < -0.39 is 0 Å². The smallest absolute Gasteiger partial charge is 0.253 e. The van der Waals surface area contributed by atoms with Gasteiger partial charge in [-0.15, -0.1) is 0 Å². The van der Waals surface area contributed by atoms with Crippen LogP contribution in [0.4, 0.5) is 0 Å². The Kier molecular flexibility index (Phi) is 6.17. The van der Waals surface area contributed by atoms with E-state index in [1.807, 2.05) is 52.1 Å². The van der Waals surface area contributed by atoms with E-state index in [0.29, 0.717) is 38.0 Å². The Hall–Kier alpha value is -3.48. The van der Waals surface area contributed by atoms with Crippen molar-refractivity contribution < 1.29 is 9.59 Å². The number of amides is 2. The van der Waals surface area contributed by atoms with Gasteiger partial charge in [-0.2, -0.15) is 0 Å². The molecule has 4 rings (SSSR count). The summed E-state index contributed by atoms with van der Waals surface area (Å²) in [5.41, 5.74) is 2.78. The summed E-state index contributed by atoms with van der Waals surface area (Å²) >= 11 is 0. The summed E-state index contributed by atoms with van der Waals surface area (Å²) in [4.78, 5) is 35.2. The summed E-state index contributed by atoms with van der Waals surface area (Å²) in [6.07, 6.45) is 10.3. The predicted octanol–water partition coefficient (Wildman–Crippen LogP) is 2.50. The Morgan fingerprint density at radius 1 is 1.00 bits per heavy atom. The SMILES string of the molecule is O=C(NCc1cccnc1)C1CCN(C(=O)c2ccc(Cn3ccnc3)cc2)CC1. The van der Waals surface area contributed by atoms with E-state index in [9.17, 15) is 9.59 Å². The second-order valence-electron chi connectivity index (χ2n) is 7.58. The molecule has 3 heterocycles. The van der Waals surface area contributed by atoms with E-state index in [4.69, 9.17) is 0 Å². The fraction of sp³-hybridized carbons (Fsp3) is 0.304. The Morgan fingerprint density at radius 3 is 2.47 bits per heavy atom. The maximum absolute atomic E-state index is 12.8. The predicted molar refractivity (Wildman–Crippen MR) is 112 cm³/mol. The minimum atomic E-state index is -0.0525. The molecule has 0 saturated carbocycles. The molecule has 0 unspecified atom stereocenters. The maximum Gasteiger partial charge on any atom is 0.253 e. The zero-order valence-electron chi connectivity index (χ0n) is 16.8. The van der Waals surface area contributed by atoms with Gasteiger partial charge in [0.1, 0.15) is 0 Å². The number of imidazole rings is 1. The molecule has 154 valence electrons. The van der Waals surface area contributed by atoms with Crippen molar-refractivity contribution in [3.63, 3.8) is 0 Å². The largest absolute Gasteiger partial charge is 0.352 e. The van der Waals surface area contributed by atoms with Gasteiger partial charge in [0.2, 0.25) is 5.91 Å². The zero-order chi connectivity index (χ0) is 20.8. The number of hydrogen-bond donors (Lipinski definition) is 1. The van der Waals surface area contributed by atoms with Crippen molar-refractivity contribution in [2.75, 3.05) is 13.1 Å². The van der Waals surface area contributed by atoms with Gasteiger partial charge in [-0.3, -0.25) is 14.6 Å². The van der Waals surface area contributed by atoms with E-state index in [1.165, 1.54) is 0 Å². The van der Waals surface area contributed by atoms with Crippen LogP contribution in [-0.2, 0) is 17.9 Å². The lowest BCUT2D eigenvalue weighted by Crippen LogP contribution is -2.42. The molecule has 0 spiro atoms. The van der Waals surface area contributed by atoms with Crippen molar-refractivity contribution in [3.05, 3.63) is 84.2 Å². The summed E-state index contributed by atoms with van der Waals surface area (Å²) in [7, 11) is 0. The minimum absolute atomic E-state index is 0.0263. The van der Waals surface area contributed by atoms with E-state index >= 15 is 0 Å². The number of carbonyl (C=O) groups is 2. The molecule has 1 fully saturated rings. The highest BCUT2D eigenvalue weighted by molar-refractivity contribution is 5.94. The molecule has 7 heteroatoms. The van der Waals surface area contributed by atoms with E-state index in [2.05, 4.69) is 15.3 Å². The molecular weight excluding hydrogens is 378 g/mol. The van der Waals surface area contributed by atoms with Gasteiger partial charge in [-0.05, 0) is 42.2 Å². The van der Waals surface area contributed by atoms with Gasteiger partial charge in [0.15, 0.2) is 0 Å². The van der Waals surface area contributed by atoms with Gasteiger partial charge in [0.05, 0.1) is 6.33 Å². The lowest BCUT2D eigenvalue weighted by Gasteiger charge is -2.31. The Bertz CT molecular complexity index is 963. The Balaban J connectivity index is 1.26. The van der Waals surface area contributed by atoms with Crippen molar-refractivity contribution in [2.24, 2.45) is 5.92 Å². The first-order valence-corrected chi connectivity index (χ1v) is 10.2. The molecule has 7 nitrogen and oxygen atoms in total. The Labute approximate surface area is 175 Å². The van der Waals surface area contributed by atoms with Gasteiger partial charge >= 0.3 is 0 Å². The summed E-state index contributed by atoms with van der Waals surface area (Å²) in [6.45, 7) is 2.41. The van der Waals surface area contributed by atoms with Crippen LogP contribution in [0.25, 0.3) is 0 Å². The van der Waals surface area contributed by atoms with Crippen LogP contribution in [0.15, 0.2) is 67.5 Å². The number of piperidine rings is 1. The zero-order valence-corrected chi connectivity index (χ0v) is 16.8. The standard InChI is InChI=1S/C23H25N5O2/c29-22(26-15-19-2-1-9-24-14-19)20-7-11-28(12-8-20)23(30)21-5-3-18(4-6-21)16-27-13-10-25-17-27/h1-6,9-10,13-14,17,20H,7-8,11-12,15-16H2,(H,26,29). The number of rotatable bonds is 6. The van der Waals surface area contributed by atoms with Crippen LogP contribution in [0, 0.1) is 5.92 Å². The monoisotopic (exact) mass is 403 g/mol. The second kappa shape index (κ2) is 9.35. The van der Waals surface area contributed by atoms with Crippen molar-refractivity contribution in [1.82, 2.24) is 24.8 Å². The molecular formula is C23H25N5O2. The molecule has 30 heavy (non-hydrogen) atoms. The average molecular weight is 403 g/mol. The lowest BCUT2D eigenvalue weighted by atomic mass is 9.95. The number of benzene rings is 1. The van der Waals surface area contributed by atoms with Crippen LogP contribution in [-0.4, -0.2) is 44.3 Å². The highest BCUT2D eigenvalue weighted by Gasteiger charge is 2.27. The molecule has 1 aliphatic heterocycles. The quantitative estimate of drug-likeness (QED) is 0.686. The highest BCUT2D eigenvalue weighted by Crippen LogP contribution is 2.20. The summed E-state index contributed by atoms with van der Waals surface area (Å²) < 4.78 is 1.99. The number of carbonyl (C=O) groups excluding carboxylic acids is 2. The second-order valence-corrected chi connectivity index (χ2v) is 7.58. The number of hydrogen-bond acceptors (Lipinski definition) is 4. The summed E-state index contributed by atoms with van der Waals surface area (Å²) in [5.74, 6) is 0.0245. The fourth-order valence-electron chi connectivity index (χ4n) is 3.71. The van der Waals surface area contributed by atoms with Gasteiger partial charge in [-0.25, -0.2) is 4.98 Å². The van der Waals surface area contributed by atoms with E-state index in [-0.39, 0.29) is 17.7 Å². The van der Waals surface area contributed by atoms with E-state index in [0.717, 1.165) is 17.7 Å². The van der Waals surface area contributed by atoms with Crippen LogP contribution < -0.4 is 5.32 Å². The fourth-order valence-corrected chi connectivity index (χ4v) is 3.71. The third kappa shape index (κ3) is 4.92. The molecule has 2 aromatic heterocycles. The van der Waals surface area contributed by atoms with Gasteiger partial charge < -0.3 is 14.8 Å². The number of pyridine rings is 1. The summed E-state index contributed by atoms with van der Waals surface area (Å²) in [6, 6.07) is 11.5. The first kappa shape index (κ1) is 19.8. The molecule has 0 radical (unpaired) electrons. The van der Waals surface area contributed by atoms with Crippen molar-refractivity contribution >= 4 is 11.8 Å². The van der Waals surface area contributed by atoms with E-state index in [1.54, 1.807) is 24.9 Å². The van der Waals surface area contributed by atoms with Crippen LogP contribution >= 0.6 is 0 Å². The van der Waals surface area contributed by atoms with Crippen LogP contribution in [0.2, 0.25) is 0 Å². The normalized spacial score (nSPS) is 14.5. The van der Waals surface area contributed by atoms with Gasteiger partial charge in [0, 0.05) is 62.4 Å². The molecule has 0 aliphatic carbocycles. The van der Waals surface area contributed by atoms with Crippen molar-refractivity contribution in [2.45, 2.75) is 25.9 Å². The maximum atomic E-state index is 12.8. The molecule has 3 aromatic rings. The molecule has 1 aliphatic rings. The first-order chi connectivity index (χ1) is 14.7. The molecule has 1 saturated heterocycles. The number of aromatic nitrogens is 3. The number of nitrogens with zero attached hydrogens (tertiary/aromatic N) is 4. The third-order valence-corrected chi connectivity index (χ3v) is 5.47. The van der Waals surface area contributed by atoms with Crippen molar-refractivity contribution in [3.8, 4) is 0 Å². The third-order valence-electron chi connectivity index (χ3n) is 5.47. The lowest BCUT2D eigenvalue weighted by molar-refractivity contribution is -0.126. The Morgan fingerprint density at radius 2 is 1.80 bits per heavy atom. The molecule has 2 amide bonds. The molecule has 0 atom stereocenters. The summed E-state index contributed by atoms with van der Waals surface area (Å²) in [5, 5.41) is 2.98.